The van der Waals surface area contributed by atoms with Gasteiger partial charge in [-0.15, -0.1) is 0 Å². The van der Waals surface area contributed by atoms with Gasteiger partial charge >= 0.3 is 13.3 Å². The molecule has 3 saturated heterocycles. The van der Waals surface area contributed by atoms with E-state index in [0.29, 0.717) is 56.1 Å². The monoisotopic (exact) mass is 763 g/mol. The fraction of sp³-hybridized carbons (Fsp3) is 0.500. The highest BCUT2D eigenvalue weighted by Gasteiger charge is 2.34. The Kier molecular flexibility index (Phi) is 10.8. The molecule has 10 rings (SSSR count). The van der Waals surface area contributed by atoms with Crippen LogP contribution >= 0.6 is 0 Å². The van der Waals surface area contributed by atoms with E-state index in [1.807, 2.05) is 42.2 Å². The van der Waals surface area contributed by atoms with Crippen molar-refractivity contribution in [2.75, 3.05) is 59.4 Å². The van der Waals surface area contributed by atoms with Gasteiger partial charge in [-0.3, -0.25) is 28.6 Å². The van der Waals surface area contributed by atoms with Gasteiger partial charge in [0.15, 0.2) is 13.5 Å². The highest BCUT2D eigenvalue weighted by molar-refractivity contribution is 6.94. The normalized spacial score (nSPS) is 22.6. The molecule has 0 spiro atoms. The lowest BCUT2D eigenvalue weighted by Gasteiger charge is -2.42. The summed E-state index contributed by atoms with van der Waals surface area (Å²) in [6.07, 6.45) is 4.82. The molecule has 8 bridgehead atoms. The second-order valence-corrected chi connectivity index (χ2v) is 15.6. The predicted molar refractivity (Wildman–Crippen MR) is 210 cm³/mol. The number of nitrogens with one attached hydrogen (secondary N) is 1. The summed E-state index contributed by atoms with van der Waals surface area (Å²) >= 11 is 0. The standard InChI is InChI=1S/C40H48BN8O7/c1-26-19-27-20-30-23-42-49(35(26)30)25-56-39(53)41-38(52)55-24-48-34-6-4-3-5-29(34)22-32(36(48)50)28-7-11-47(12-8-28)40(54)43-33(21-27)37(51)46-13-9-31(10-14-46)45-17-15-44(2)16-18-45/h3-6,19-20,22-23,28,31,33H,7-18,21,24-25H2,1-2H3,(H,43,54)/t33-/m1/s1. The molecule has 15 nitrogen and oxygen atoms in total. The number of ether oxygens (including phenoxy) is 2. The Morgan fingerprint density at radius 2 is 1.55 bits per heavy atom. The SMILES string of the molecule is Cc1cc2cc3cnn(c13)COC(=O)[B]C(=O)OCn1c(=O)c(cc3ccccc31)C1CCN(CC1)C(=O)N[C@@H](C(=O)N1CCC(N3CCN(C)CC3)CC1)C2. The molecule has 0 unspecified atom stereocenters. The minimum atomic E-state index is -0.941. The van der Waals surface area contributed by atoms with E-state index in [9.17, 15) is 24.0 Å². The summed E-state index contributed by atoms with van der Waals surface area (Å²) in [6.45, 7) is 7.50. The summed E-state index contributed by atoms with van der Waals surface area (Å²) in [4.78, 5) is 76.3. The number of fused-ring (bicyclic) bond motifs is 2. The number of urea groups is 1. The first-order chi connectivity index (χ1) is 27.1. The Labute approximate surface area is 325 Å². The molecule has 293 valence electrons. The van der Waals surface area contributed by atoms with Crippen LogP contribution in [0.5, 0.6) is 0 Å². The van der Waals surface area contributed by atoms with Gasteiger partial charge < -0.3 is 29.5 Å². The molecule has 6 aliphatic rings. The summed E-state index contributed by atoms with van der Waals surface area (Å²) < 4.78 is 13.7. The molecule has 16 heteroatoms. The van der Waals surface area contributed by atoms with E-state index in [4.69, 9.17) is 9.47 Å². The molecule has 0 saturated carbocycles. The fourth-order valence-corrected chi connectivity index (χ4v) is 8.87. The van der Waals surface area contributed by atoms with Crippen molar-refractivity contribution in [2.45, 2.75) is 70.5 Å². The van der Waals surface area contributed by atoms with Crippen molar-refractivity contribution < 1.29 is 28.7 Å². The number of likely N-dealkylation sites (N-methyl/N-ethyl adjacent to an activating group) is 1. The molecule has 1 atom stereocenters. The van der Waals surface area contributed by atoms with Gasteiger partial charge in [0.2, 0.25) is 5.91 Å². The second kappa shape index (κ2) is 16.1. The van der Waals surface area contributed by atoms with Crippen LogP contribution in [0.2, 0.25) is 0 Å². The van der Waals surface area contributed by atoms with Gasteiger partial charge in [0, 0.05) is 75.8 Å². The lowest BCUT2D eigenvalue weighted by Crippen LogP contribution is -2.57. The highest BCUT2D eigenvalue weighted by atomic mass is 16.6. The molecule has 2 aromatic heterocycles. The fourth-order valence-electron chi connectivity index (χ4n) is 8.87. The zero-order valence-electron chi connectivity index (χ0n) is 32.0. The Morgan fingerprint density at radius 3 is 2.30 bits per heavy atom. The number of hydrogen-bond acceptors (Lipinski definition) is 10. The molecule has 1 radical (unpaired) electrons. The number of para-hydroxylation sites is 1. The summed E-state index contributed by atoms with van der Waals surface area (Å²) in [5.41, 5.74) is 3.29. The molecule has 6 aliphatic heterocycles. The van der Waals surface area contributed by atoms with Crippen LogP contribution in [0, 0.1) is 6.92 Å². The van der Waals surface area contributed by atoms with E-state index in [-0.39, 0.29) is 36.6 Å². The number of pyridine rings is 1. The summed E-state index contributed by atoms with van der Waals surface area (Å²) in [7, 11) is 2.87. The first-order valence-corrected chi connectivity index (χ1v) is 19.6. The third-order valence-corrected chi connectivity index (χ3v) is 12.0. The maximum absolute atomic E-state index is 14.4. The van der Waals surface area contributed by atoms with Crippen LogP contribution in [0.15, 0.2) is 53.5 Å². The Hall–Kier alpha value is -5.22. The quantitative estimate of drug-likeness (QED) is 0.302. The average molecular weight is 764 g/mol. The van der Waals surface area contributed by atoms with Crippen molar-refractivity contribution in [3.05, 3.63) is 75.7 Å². The van der Waals surface area contributed by atoms with Crippen LogP contribution in [0.25, 0.3) is 21.8 Å². The number of nitrogens with zero attached hydrogens (tertiary/aromatic N) is 7. The predicted octanol–water partition coefficient (Wildman–Crippen LogP) is 3.30. The number of likely N-dealkylation sites (tertiary alicyclic amines) is 1. The average Bonchev–Trinajstić information content (AvgIpc) is 3.62. The summed E-state index contributed by atoms with van der Waals surface area (Å²) in [5, 5.41) is 9.14. The number of aryl methyl sites for hydroxylation is 1. The Morgan fingerprint density at radius 1 is 0.839 bits per heavy atom. The largest absolute Gasteiger partial charge is 0.452 e. The van der Waals surface area contributed by atoms with E-state index in [1.54, 1.807) is 23.2 Å². The lowest BCUT2D eigenvalue weighted by atomic mass is 9.79. The molecular weight excluding hydrogens is 715 g/mol. The number of amides is 3. The van der Waals surface area contributed by atoms with Gasteiger partial charge in [0.1, 0.15) is 6.04 Å². The molecule has 3 amide bonds. The zero-order chi connectivity index (χ0) is 38.9. The van der Waals surface area contributed by atoms with E-state index in [1.165, 1.54) is 9.25 Å². The molecule has 56 heavy (non-hydrogen) atoms. The number of rotatable bonds is 2. The highest BCUT2D eigenvalue weighted by Crippen LogP contribution is 2.29. The van der Waals surface area contributed by atoms with E-state index >= 15 is 0 Å². The number of benzene rings is 2. The molecule has 1 N–H and O–H groups in total. The third kappa shape index (κ3) is 7.89. The number of carbonyl (C=O) groups is 4. The third-order valence-electron chi connectivity index (χ3n) is 12.0. The first-order valence-electron chi connectivity index (χ1n) is 19.6. The van der Waals surface area contributed by atoms with E-state index in [2.05, 4.69) is 27.3 Å². The molecule has 3 fully saturated rings. The number of hydrogen-bond donors (Lipinski definition) is 1. The maximum atomic E-state index is 14.4. The smallest absolute Gasteiger partial charge is 0.405 e. The van der Waals surface area contributed by atoms with E-state index in [0.717, 1.165) is 73.7 Å². The van der Waals surface area contributed by atoms with E-state index < -0.39 is 24.5 Å². The van der Waals surface area contributed by atoms with Gasteiger partial charge in [-0.2, -0.15) is 5.10 Å². The van der Waals surface area contributed by atoms with Crippen molar-refractivity contribution in [1.29, 1.82) is 0 Å². The second-order valence-electron chi connectivity index (χ2n) is 15.6. The van der Waals surface area contributed by atoms with Crippen molar-refractivity contribution in [2.24, 2.45) is 0 Å². The van der Waals surface area contributed by atoms with Crippen molar-refractivity contribution >= 4 is 52.8 Å². The van der Waals surface area contributed by atoms with Gasteiger partial charge in [-0.05, 0) is 80.3 Å². The minimum Gasteiger partial charge on any atom is -0.452 e. The van der Waals surface area contributed by atoms with Crippen LogP contribution < -0.4 is 10.9 Å². The topological polar surface area (TPSA) is 152 Å². The first kappa shape index (κ1) is 37.7. The number of piperazine rings is 1. The molecular formula is C40H48BN8O7. The lowest BCUT2D eigenvalue weighted by molar-refractivity contribution is -0.135. The Bertz CT molecular complexity index is 2200. The van der Waals surface area contributed by atoms with Crippen LogP contribution in [-0.4, -0.2) is 136 Å². The Balaban J connectivity index is 1.07. The minimum absolute atomic E-state index is 0.0966. The summed E-state index contributed by atoms with van der Waals surface area (Å²) in [5.74, 6) is -2.09. The van der Waals surface area contributed by atoms with Crippen LogP contribution in [0.3, 0.4) is 0 Å². The molecule has 2 aromatic carbocycles. The van der Waals surface area contributed by atoms with Crippen LogP contribution in [-0.2, 0) is 34.2 Å². The van der Waals surface area contributed by atoms with Crippen molar-refractivity contribution in [1.82, 2.24) is 39.3 Å². The molecule has 0 aliphatic carbocycles. The zero-order valence-corrected chi connectivity index (χ0v) is 32.0. The molecule has 4 aromatic rings. The number of aromatic nitrogens is 3. The van der Waals surface area contributed by atoms with Crippen LogP contribution in [0.4, 0.5) is 14.4 Å². The van der Waals surface area contributed by atoms with Crippen molar-refractivity contribution in [3.63, 3.8) is 0 Å². The summed E-state index contributed by atoms with van der Waals surface area (Å²) in [6, 6.07) is 12.5. The number of piperidine rings is 2. The van der Waals surface area contributed by atoms with Gasteiger partial charge in [-0.1, -0.05) is 24.3 Å². The maximum Gasteiger partial charge on any atom is 0.405 e. The van der Waals surface area contributed by atoms with Crippen molar-refractivity contribution in [3.8, 4) is 0 Å². The molecule has 8 heterocycles. The van der Waals surface area contributed by atoms with Gasteiger partial charge in [0.05, 0.1) is 17.2 Å². The van der Waals surface area contributed by atoms with Gasteiger partial charge in [0.25, 0.3) is 17.3 Å². The van der Waals surface area contributed by atoms with Gasteiger partial charge in [-0.25, -0.2) is 9.48 Å². The number of carbonyl (C=O) groups excluding carboxylic acids is 4. The van der Waals surface area contributed by atoms with Crippen LogP contribution in [0.1, 0.15) is 48.3 Å².